The zero-order chi connectivity index (χ0) is 68.1. The first-order valence-electron chi connectivity index (χ1n) is 35.8. The smallest absolute Gasteiger partial charge is 0.463 e. The Hall–Kier alpha value is -4.05. The quantitative estimate of drug-likeness (QED) is 0.0146. The van der Waals surface area contributed by atoms with Crippen LogP contribution in [0.5, 0.6) is 0 Å². The molecule has 93 heavy (non-hydrogen) atoms. The molecule has 0 amide bonds. The van der Waals surface area contributed by atoms with Crippen molar-refractivity contribution in [3.8, 4) is 0 Å². The van der Waals surface area contributed by atoms with Gasteiger partial charge in [-0.15, -0.1) is 0 Å². The average molecular weight is 1350 g/mol. The van der Waals surface area contributed by atoms with Crippen LogP contribution in [0.1, 0.15) is 278 Å². The summed E-state index contributed by atoms with van der Waals surface area (Å²) in [5, 5.41) is 20.6. The molecule has 0 saturated carbocycles. The van der Waals surface area contributed by atoms with Crippen LogP contribution in [-0.4, -0.2) is 95.9 Å². The van der Waals surface area contributed by atoms with Crippen LogP contribution in [0, 0.1) is 0 Å². The van der Waals surface area contributed by atoms with Crippen LogP contribution in [0.15, 0.2) is 122 Å². The summed E-state index contributed by atoms with van der Waals surface area (Å²) in [6.45, 7) is 2.48. The Morgan fingerprint density at radius 2 is 0.570 bits per heavy atom. The number of aliphatic hydroxyl groups excluding tert-OH is 2. The Labute approximate surface area is 563 Å². The number of hydrogen-bond acceptors (Lipinski definition) is 14. The molecule has 18 heteroatoms. The molecule has 534 valence electrons. The molecule has 0 radical (unpaired) electrons. The minimum absolute atomic E-state index is 0.100. The number of hydrogen-bond donors (Lipinski definition) is 4. The van der Waals surface area contributed by atoms with E-state index in [1.165, 1.54) is 77.0 Å². The van der Waals surface area contributed by atoms with Crippen LogP contribution in [0.3, 0.4) is 0 Å². The monoisotopic (exact) mass is 1350 g/mol. The largest absolute Gasteiger partial charge is 0.472 e. The lowest BCUT2D eigenvalue weighted by Crippen LogP contribution is -2.30. The fraction of sp³-hybridized carbons (Fsp3) is 0.693. The van der Waals surface area contributed by atoms with Crippen molar-refractivity contribution in [3.05, 3.63) is 122 Å². The zero-order valence-electron chi connectivity index (χ0n) is 57.9. The Kier molecular flexibility index (Phi) is 65.0. The highest BCUT2D eigenvalue weighted by Crippen LogP contribution is 2.45. The van der Waals surface area contributed by atoms with E-state index in [4.69, 9.17) is 32.3 Å². The van der Waals surface area contributed by atoms with Gasteiger partial charge in [0.05, 0.1) is 26.4 Å². The van der Waals surface area contributed by atoms with Crippen molar-refractivity contribution in [2.75, 3.05) is 39.6 Å². The summed E-state index contributed by atoms with van der Waals surface area (Å²) in [7, 11) is -9.79. The molecule has 0 aliphatic rings. The van der Waals surface area contributed by atoms with Crippen LogP contribution in [0.25, 0.3) is 0 Å². The van der Waals surface area contributed by atoms with E-state index in [-0.39, 0.29) is 19.3 Å². The average Bonchev–Trinajstić information content (AvgIpc) is 3.75. The van der Waals surface area contributed by atoms with Gasteiger partial charge in [-0.05, 0) is 116 Å². The Balaban J connectivity index is 4.65. The molecular formula is C75H128O16P2. The molecule has 0 saturated heterocycles. The van der Waals surface area contributed by atoms with Crippen molar-refractivity contribution in [3.63, 3.8) is 0 Å². The lowest BCUT2D eigenvalue weighted by Gasteiger charge is -2.21. The molecule has 0 aliphatic heterocycles. The van der Waals surface area contributed by atoms with E-state index in [0.717, 1.165) is 141 Å². The Morgan fingerprint density at radius 3 is 0.925 bits per heavy atom. The molecule has 0 aromatic rings. The van der Waals surface area contributed by atoms with Crippen molar-refractivity contribution in [1.82, 2.24) is 0 Å². The topological polar surface area (TPSA) is 231 Å². The van der Waals surface area contributed by atoms with Crippen LogP contribution >= 0.6 is 15.6 Å². The highest BCUT2D eigenvalue weighted by Gasteiger charge is 2.29. The summed E-state index contributed by atoms with van der Waals surface area (Å²) in [5.41, 5.74) is 0. The number of ether oxygens (including phenoxy) is 3. The predicted octanol–water partition coefficient (Wildman–Crippen LogP) is 20.2. The van der Waals surface area contributed by atoms with Gasteiger partial charge < -0.3 is 34.2 Å². The summed E-state index contributed by atoms with van der Waals surface area (Å²) in [5.74, 6) is -1.62. The first kappa shape index (κ1) is 89.0. The van der Waals surface area contributed by atoms with E-state index in [9.17, 15) is 43.5 Å². The van der Waals surface area contributed by atoms with Gasteiger partial charge in [0.1, 0.15) is 25.4 Å². The van der Waals surface area contributed by atoms with E-state index in [2.05, 4.69) is 142 Å². The number of carbonyl (C=O) groups excluding carboxylic acids is 3. The van der Waals surface area contributed by atoms with E-state index in [1.807, 2.05) is 0 Å². The molecular weight excluding hydrogens is 1220 g/mol. The van der Waals surface area contributed by atoms with Crippen molar-refractivity contribution in [2.24, 2.45) is 0 Å². The molecule has 0 aliphatic carbocycles. The molecule has 5 unspecified atom stereocenters. The van der Waals surface area contributed by atoms with Crippen molar-refractivity contribution < 1.29 is 75.8 Å². The van der Waals surface area contributed by atoms with Gasteiger partial charge >= 0.3 is 33.6 Å². The maximum atomic E-state index is 12.9. The number of esters is 3. The van der Waals surface area contributed by atoms with E-state index < -0.39 is 91.5 Å². The van der Waals surface area contributed by atoms with Crippen molar-refractivity contribution in [2.45, 2.75) is 296 Å². The van der Waals surface area contributed by atoms with Crippen LogP contribution in [-0.2, 0) is 55.8 Å². The minimum atomic E-state index is -4.93. The first-order valence-corrected chi connectivity index (χ1v) is 38.8. The first-order chi connectivity index (χ1) is 45.2. The van der Waals surface area contributed by atoms with Gasteiger partial charge in [0.25, 0.3) is 0 Å². The second-order valence-electron chi connectivity index (χ2n) is 23.7. The fourth-order valence-corrected chi connectivity index (χ4v) is 10.8. The van der Waals surface area contributed by atoms with Crippen molar-refractivity contribution >= 4 is 33.6 Å². The second-order valence-corrected chi connectivity index (χ2v) is 26.6. The van der Waals surface area contributed by atoms with Crippen LogP contribution in [0.4, 0.5) is 0 Å². The number of phosphoric ester groups is 2. The van der Waals surface area contributed by atoms with Gasteiger partial charge in [0, 0.05) is 19.3 Å². The van der Waals surface area contributed by atoms with Gasteiger partial charge in [-0.2, -0.15) is 0 Å². The predicted molar refractivity (Wildman–Crippen MR) is 380 cm³/mol. The molecule has 0 bridgehead atoms. The molecule has 0 heterocycles. The van der Waals surface area contributed by atoms with E-state index in [0.29, 0.717) is 19.3 Å². The SMILES string of the molecule is CC/C=C\C/C=C\C/C=C\C/C=C\C/C=C\C/C=C\CCCCCCC(=O)OCC(O)COP(=O)(O)OCC(O)COP(=O)(O)OCC(COC(=O)CCCCCCC/C=C\C/C=C\C/C=C\C/C=C\CCCCC)OC(=O)CCCCCCCCCCCCCCC. The summed E-state index contributed by atoms with van der Waals surface area (Å²) in [6.07, 6.45) is 78.1. The summed E-state index contributed by atoms with van der Waals surface area (Å²) in [6, 6.07) is 0. The summed E-state index contributed by atoms with van der Waals surface area (Å²) >= 11 is 0. The lowest BCUT2D eigenvalue weighted by atomic mass is 10.0. The molecule has 0 spiro atoms. The van der Waals surface area contributed by atoms with Gasteiger partial charge in [-0.25, -0.2) is 9.13 Å². The maximum Gasteiger partial charge on any atom is 0.472 e. The third kappa shape index (κ3) is 69.1. The highest BCUT2D eigenvalue weighted by atomic mass is 31.2. The van der Waals surface area contributed by atoms with Gasteiger partial charge in [-0.3, -0.25) is 32.5 Å². The number of carbonyl (C=O) groups is 3. The number of unbranched alkanes of at least 4 members (excludes halogenated alkanes) is 24. The third-order valence-electron chi connectivity index (χ3n) is 14.7. The Morgan fingerprint density at radius 1 is 0.312 bits per heavy atom. The van der Waals surface area contributed by atoms with E-state index in [1.54, 1.807) is 0 Å². The molecule has 0 fully saturated rings. The summed E-state index contributed by atoms with van der Waals surface area (Å²) < 4.78 is 60.9. The van der Waals surface area contributed by atoms with Crippen molar-refractivity contribution in [1.29, 1.82) is 0 Å². The summed E-state index contributed by atoms with van der Waals surface area (Å²) in [4.78, 5) is 58.4. The number of phosphoric acid groups is 2. The minimum Gasteiger partial charge on any atom is -0.463 e. The lowest BCUT2D eigenvalue weighted by molar-refractivity contribution is -0.161. The van der Waals surface area contributed by atoms with E-state index >= 15 is 0 Å². The molecule has 0 aromatic heterocycles. The third-order valence-corrected chi connectivity index (χ3v) is 16.6. The highest BCUT2D eigenvalue weighted by molar-refractivity contribution is 7.47. The number of rotatable bonds is 67. The van der Waals surface area contributed by atoms with Gasteiger partial charge in [0.2, 0.25) is 0 Å². The standard InChI is InChI=1S/C75H128O16P2/c1-4-7-10-13-16-19-22-25-27-29-31-33-34-36-38-39-41-44-46-49-52-55-58-61-73(78)85-64-70(76)65-87-92(81,82)88-66-71(77)67-89-93(83,84)90-69-72(91-75(80)63-60-57-54-51-48-43-24-21-18-15-12-9-6-3)68-86-74(79)62-59-56-53-50-47-45-42-40-37-35-32-30-28-26-23-20-17-14-11-8-5-2/h7,10,16-17,19-20,25-28,31-33,35-36,38,40-42,44,70-72,76-77H,4-6,8-9,11-15,18,21-24,29-30,34,37,39,43,45-69H2,1-3H3,(H,81,82)(H,83,84)/b10-7-,19-16-,20-17-,27-25-,28-26-,33-31-,35-32-,38-36-,42-40-,44-41-. The van der Waals surface area contributed by atoms with Gasteiger partial charge in [-0.1, -0.05) is 264 Å². The van der Waals surface area contributed by atoms with Crippen LogP contribution in [0.2, 0.25) is 0 Å². The Bertz CT molecular complexity index is 2180. The molecule has 5 atom stereocenters. The van der Waals surface area contributed by atoms with Crippen LogP contribution < -0.4 is 0 Å². The number of allylic oxidation sites excluding steroid dienone is 20. The molecule has 16 nitrogen and oxygen atoms in total. The zero-order valence-corrected chi connectivity index (χ0v) is 59.7. The molecule has 0 aromatic carbocycles. The number of aliphatic hydroxyl groups is 2. The maximum absolute atomic E-state index is 12.9. The fourth-order valence-electron chi connectivity index (χ4n) is 9.20. The normalized spacial score (nSPS) is 14.9. The van der Waals surface area contributed by atoms with Gasteiger partial charge in [0.15, 0.2) is 6.10 Å². The molecule has 0 rings (SSSR count). The molecule has 4 N–H and O–H groups in total. The second kappa shape index (κ2) is 67.9.